The molecule has 7 aromatic carbocycles. The average molecular weight is 698 g/mol. The van der Waals surface area contributed by atoms with Crippen molar-refractivity contribution in [3.05, 3.63) is 164 Å². The van der Waals surface area contributed by atoms with Crippen molar-refractivity contribution in [2.75, 3.05) is 0 Å². The summed E-state index contributed by atoms with van der Waals surface area (Å²) in [5.74, 6) is 2.69. The Labute approximate surface area is 307 Å². The number of imidazole rings is 1. The predicted molar refractivity (Wildman–Crippen MR) is 216 cm³/mol. The minimum atomic E-state index is 0.585. The molecule has 0 aliphatic carbocycles. The van der Waals surface area contributed by atoms with Gasteiger partial charge in [-0.3, -0.25) is 4.57 Å². The summed E-state index contributed by atoms with van der Waals surface area (Å²) in [6, 6.07) is 56.1. The fraction of sp³-hybridized carbons (Fsp3) is 0. The summed E-state index contributed by atoms with van der Waals surface area (Å²) in [4.78, 5) is 20.6. The van der Waals surface area contributed by atoms with Gasteiger partial charge in [-0.2, -0.15) is 0 Å². The Hall–Kier alpha value is -6.96. The number of fused-ring (bicyclic) bond motifs is 7. The molecule has 0 saturated heterocycles. The molecular weight excluding hydrogens is 671 g/mol. The summed E-state index contributed by atoms with van der Waals surface area (Å²) in [6.07, 6.45) is 0. The van der Waals surface area contributed by atoms with Crippen molar-refractivity contribution in [3.63, 3.8) is 0 Å². The van der Waals surface area contributed by atoms with Crippen LogP contribution in [-0.2, 0) is 0 Å². The smallest absolute Gasteiger partial charge is 0.165 e. The number of para-hydroxylation sites is 3. The van der Waals surface area contributed by atoms with Crippen LogP contribution in [0.25, 0.3) is 104 Å². The van der Waals surface area contributed by atoms with Gasteiger partial charge >= 0.3 is 0 Å². The Balaban J connectivity index is 1.15. The van der Waals surface area contributed by atoms with E-state index in [1.807, 2.05) is 60.7 Å². The third-order valence-corrected chi connectivity index (χ3v) is 11.1. The molecule has 0 aliphatic heterocycles. The van der Waals surface area contributed by atoms with Crippen molar-refractivity contribution in [2.45, 2.75) is 0 Å². The quantitative estimate of drug-likeness (QED) is 0.179. The molecule has 0 N–H and O–H groups in total. The van der Waals surface area contributed by atoms with Crippen molar-refractivity contribution < 1.29 is 4.42 Å². The van der Waals surface area contributed by atoms with Gasteiger partial charge in [-0.15, -0.1) is 11.3 Å². The van der Waals surface area contributed by atoms with Gasteiger partial charge in [0.15, 0.2) is 17.5 Å². The molecule has 0 amide bonds. The van der Waals surface area contributed by atoms with Gasteiger partial charge in [-0.05, 0) is 60.7 Å². The van der Waals surface area contributed by atoms with Gasteiger partial charge in [-0.1, -0.05) is 103 Å². The number of rotatable bonds is 5. The molecule has 0 unspecified atom stereocenters. The van der Waals surface area contributed by atoms with Crippen LogP contribution in [0.2, 0.25) is 0 Å². The summed E-state index contributed by atoms with van der Waals surface area (Å²) < 4.78 is 11.1. The van der Waals surface area contributed by atoms with Crippen LogP contribution in [0.1, 0.15) is 0 Å². The van der Waals surface area contributed by atoms with E-state index in [-0.39, 0.29) is 0 Å². The third kappa shape index (κ3) is 4.79. The van der Waals surface area contributed by atoms with E-state index < -0.39 is 0 Å². The third-order valence-electron chi connectivity index (χ3n) is 9.88. The molecule has 0 bridgehead atoms. The molecule has 0 radical (unpaired) electrons. The molecule has 0 aliphatic rings. The van der Waals surface area contributed by atoms with Gasteiger partial charge in [0.05, 0.1) is 11.0 Å². The van der Waals surface area contributed by atoms with Gasteiger partial charge in [0, 0.05) is 58.9 Å². The lowest BCUT2D eigenvalue weighted by atomic mass is 10.0. The first kappa shape index (κ1) is 29.7. The Kier molecular flexibility index (Phi) is 6.62. The zero-order valence-corrected chi connectivity index (χ0v) is 29.0. The van der Waals surface area contributed by atoms with Gasteiger partial charge in [0.1, 0.15) is 17.0 Å². The van der Waals surface area contributed by atoms with Crippen LogP contribution in [0.5, 0.6) is 0 Å². The standard InChI is InChI=1S/C46H27N5OS/c1-3-13-28(14-4-1)43-48-44(50-45(49-43)34-20-11-18-32-31-17-7-10-24-40(31)53-42(32)34)33-19-12-23-39-41(33)35-27-29(25-26-38(35)52-39)46-47-36-21-8-9-22-37(36)51(46)30-15-5-2-6-16-30/h1-27H. The van der Waals surface area contributed by atoms with Crippen LogP contribution in [0.15, 0.2) is 168 Å². The molecule has 7 heteroatoms. The lowest BCUT2D eigenvalue weighted by Gasteiger charge is -2.10. The maximum Gasteiger partial charge on any atom is 0.165 e. The summed E-state index contributed by atoms with van der Waals surface area (Å²) in [5.41, 5.74) is 8.34. The maximum absolute atomic E-state index is 6.50. The topological polar surface area (TPSA) is 69.6 Å². The minimum Gasteiger partial charge on any atom is -0.456 e. The summed E-state index contributed by atoms with van der Waals surface area (Å²) >= 11 is 1.77. The summed E-state index contributed by atoms with van der Waals surface area (Å²) in [5, 5.41) is 4.35. The minimum absolute atomic E-state index is 0.585. The fourth-order valence-electron chi connectivity index (χ4n) is 7.47. The highest BCUT2D eigenvalue weighted by molar-refractivity contribution is 7.26. The molecular formula is C46H27N5OS. The van der Waals surface area contributed by atoms with E-state index in [9.17, 15) is 0 Å². The summed E-state index contributed by atoms with van der Waals surface area (Å²) in [7, 11) is 0. The largest absolute Gasteiger partial charge is 0.456 e. The number of hydrogen-bond donors (Lipinski definition) is 0. The van der Waals surface area contributed by atoms with E-state index in [0.29, 0.717) is 17.5 Å². The van der Waals surface area contributed by atoms with E-state index in [4.69, 9.17) is 24.4 Å². The SMILES string of the molecule is c1ccc(-c2nc(-c3cccc4c3sc3ccccc34)nc(-c3cccc4oc5ccc(-c6nc7ccccc7n6-c6ccccc6)cc5c34)n2)cc1. The van der Waals surface area contributed by atoms with Crippen LogP contribution >= 0.6 is 11.3 Å². The van der Waals surface area contributed by atoms with Crippen LogP contribution in [0.3, 0.4) is 0 Å². The normalized spacial score (nSPS) is 11.8. The molecule has 11 rings (SSSR count). The van der Waals surface area contributed by atoms with Crippen molar-refractivity contribution in [1.82, 2.24) is 24.5 Å². The molecule has 4 aromatic heterocycles. The number of aromatic nitrogens is 5. The number of benzene rings is 7. The van der Waals surface area contributed by atoms with E-state index in [2.05, 4.69) is 108 Å². The van der Waals surface area contributed by atoms with Crippen LogP contribution in [-0.4, -0.2) is 24.5 Å². The Morgan fingerprint density at radius 3 is 2.06 bits per heavy atom. The molecule has 0 atom stereocenters. The first-order valence-corrected chi connectivity index (χ1v) is 18.3. The first-order valence-electron chi connectivity index (χ1n) is 17.5. The van der Waals surface area contributed by atoms with Crippen molar-refractivity contribution >= 4 is 64.5 Å². The highest BCUT2D eigenvalue weighted by atomic mass is 32.1. The Morgan fingerprint density at radius 1 is 0.472 bits per heavy atom. The zero-order chi connectivity index (χ0) is 34.9. The number of nitrogens with zero attached hydrogens (tertiary/aromatic N) is 5. The molecule has 53 heavy (non-hydrogen) atoms. The van der Waals surface area contributed by atoms with Gasteiger partial charge in [0.25, 0.3) is 0 Å². The van der Waals surface area contributed by atoms with Crippen LogP contribution in [0.4, 0.5) is 0 Å². The molecule has 4 heterocycles. The van der Waals surface area contributed by atoms with Gasteiger partial charge in [0.2, 0.25) is 0 Å². The van der Waals surface area contributed by atoms with E-state index in [1.165, 1.54) is 15.5 Å². The molecule has 0 spiro atoms. The van der Waals surface area contributed by atoms with Crippen LogP contribution < -0.4 is 0 Å². The van der Waals surface area contributed by atoms with Crippen molar-refractivity contribution in [1.29, 1.82) is 0 Å². The second-order valence-electron chi connectivity index (χ2n) is 13.0. The second-order valence-corrected chi connectivity index (χ2v) is 14.1. The highest BCUT2D eigenvalue weighted by Gasteiger charge is 2.21. The van der Waals surface area contributed by atoms with E-state index in [0.717, 1.165) is 71.4 Å². The lowest BCUT2D eigenvalue weighted by molar-refractivity contribution is 0.669. The molecule has 0 fully saturated rings. The number of thiophene rings is 1. The fourth-order valence-corrected chi connectivity index (χ4v) is 8.68. The molecule has 0 saturated carbocycles. The molecule has 11 aromatic rings. The molecule has 248 valence electrons. The predicted octanol–water partition coefficient (Wildman–Crippen LogP) is 12.1. The Bertz CT molecular complexity index is 3180. The van der Waals surface area contributed by atoms with Crippen molar-refractivity contribution in [2.24, 2.45) is 0 Å². The maximum atomic E-state index is 6.50. The number of furan rings is 1. The second kappa shape index (κ2) is 11.8. The van der Waals surface area contributed by atoms with Crippen LogP contribution in [0, 0.1) is 0 Å². The molecule has 6 nitrogen and oxygen atoms in total. The van der Waals surface area contributed by atoms with Gasteiger partial charge in [-0.25, -0.2) is 19.9 Å². The number of hydrogen-bond acceptors (Lipinski definition) is 6. The Morgan fingerprint density at radius 2 is 1.17 bits per heavy atom. The highest BCUT2D eigenvalue weighted by Crippen LogP contribution is 2.42. The van der Waals surface area contributed by atoms with Gasteiger partial charge < -0.3 is 4.42 Å². The monoisotopic (exact) mass is 697 g/mol. The first-order chi connectivity index (χ1) is 26.3. The van der Waals surface area contributed by atoms with Crippen molar-refractivity contribution in [3.8, 4) is 51.2 Å². The average Bonchev–Trinajstić information content (AvgIpc) is 3.92. The van der Waals surface area contributed by atoms with E-state index >= 15 is 0 Å². The van der Waals surface area contributed by atoms with E-state index in [1.54, 1.807) is 11.3 Å². The lowest BCUT2D eigenvalue weighted by Crippen LogP contribution is -2.00. The summed E-state index contributed by atoms with van der Waals surface area (Å²) in [6.45, 7) is 0. The zero-order valence-electron chi connectivity index (χ0n) is 28.1.